The molecule has 0 spiro atoms. The van der Waals surface area contributed by atoms with Crippen LogP contribution in [0.1, 0.15) is 11.1 Å². The highest BCUT2D eigenvalue weighted by Crippen LogP contribution is 2.21. The van der Waals surface area contributed by atoms with Gasteiger partial charge in [-0.05, 0) is 24.6 Å². The van der Waals surface area contributed by atoms with Gasteiger partial charge in [-0.25, -0.2) is 8.78 Å². The van der Waals surface area contributed by atoms with Crippen LogP contribution in [0.2, 0.25) is 0 Å². The number of halogens is 2. The molecule has 0 unspecified atom stereocenters. The molecular formula is C11H15F2N3O. The van der Waals surface area contributed by atoms with Crippen molar-refractivity contribution in [3.63, 3.8) is 0 Å². The maximum atomic E-state index is 12.3. The number of aryl methyl sites for hydroxylation is 1. The second-order valence-corrected chi connectivity index (χ2v) is 3.78. The van der Waals surface area contributed by atoms with E-state index in [1.54, 1.807) is 18.2 Å². The van der Waals surface area contributed by atoms with E-state index >= 15 is 0 Å². The summed E-state index contributed by atoms with van der Waals surface area (Å²) in [7, 11) is 1.54. The lowest BCUT2D eigenvalue weighted by molar-refractivity contribution is 0.156. The minimum Gasteiger partial charge on any atom is -0.409 e. The van der Waals surface area contributed by atoms with Gasteiger partial charge < -0.3 is 15.8 Å². The first-order valence-electron chi connectivity index (χ1n) is 5.03. The number of hydrogen-bond donors (Lipinski definition) is 2. The molecule has 4 nitrogen and oxygen atoms in total. The molecule has 0 aromatic heterocycles. The van der Waals surface area contributed by atoms with Gasteiger partial charge in [-0.3, -0.25) is 0 Å². The van der Waals surface area contributed by atoms with E-state index < -0.39 is 13.0 Å². The van der Waals surface area contributed by atoms with E-state index in [1.165, 1.54) is 11.9 Å². The van der Waals surface area contributed by atoms with Crippen LogP contribution >= 0.6 is 0 Å². The molecule has 0 amide bonds. The largest absolute Gasteiger partial charge is 0.409 e. The molecule has 1 rings (SSSR count). The van der Waals surface area contributed by atoms with Crippen LogP contribution in [0.4, 0.5) is 14.5 Å². The molecular weight excluding hydrogens is 228 g/mol. The molecule has 0 atom stereocenters. The van der Waals surface area contributed by atoms with Gasteiger partial charge in [-0.15, -0.1) is 0 Å². The van der Waals surface area contributed by atoms with E-state index in [1.807, 2.05) is 6.92 Å². The van der Waals surface area contributed by atoms with Crippen molar-refractivity contribution < 1.29 is 14.0 Å². The molecule has 6 heteroatoms. The van der Waals surface area contributed by atoms with E-state index in [0.717, 1.165) is 5.56 Å². The van der Waals surface area contributed by atoms with E-state index in [9.17, 15) is 8.78 Å². The van der Waals surface area contributed by atoms with E-state index in [2.05, 4.69) is 5.16 Å². The number of rotatable bonds is 4. The van der Waals surface area contributed by atoms with Crippen molar-refractivity contribution in [1.29, 1.82) is 0 Å². The average molecular weight is 243 g/mol. The minimum absolute atomic E-state index is 0.0962. The van der Waals surface area contributed by atoms with Crippen molar-refractivity contribution >= 4 is 11.5 Å². The van der Waals surface area contributed by atoms with Crippen molar-refractivity contribution in [2.45, 2.75) is 13.3 Å². The maximum absolute atomic E-state index is 12.3. The zero-order chi connectivity index (χ0) is 13.0. The normalized spacial score (nSPS) is 11.9. The molecule has 0 saturated carbocycles. The standard InChI is InChI=1S/C11H15F2N3O/c1-7-3-4-8(11(14)15-17)9(5-7)16(2)6-10(12)13/h3-5,10,17H,6H2,1-2H3,(H2,14,15). The molecule has 0 saturated heterocycles. The second kappa shape index (κ2) is 5.47. The Morgan fingerprint density at radius 3 is 2.71 bits per heavy atom. The number of anilines is 1. The highest BCUT2D eigenvalue weighted by molar-refractivity contribution is 6.02. The lowest BCUT2D eigenvalue weighted by Gasteiger charge is -2.22. The Kier molecular flexibility index (Phi) is 4.25. The number of amidine groups is 1. The molecule has 17 heavy (non-hydrogen) atoms. The van der Waals surface area contributed by atoms with E-state index in [0.29, 0.717) is 11.3 Å². The highest BCUT2D eigenvalue weighted by Gasteiger charge is 2.14. The first kappa shape index (κ1) is 13.2. The number of alkyl halides is 2. The second-order valence-electron chi connectivity index (χ2n) is 3.78. The van der Waals surface area contributed by atoms with Gasteiger partial charge in [0, 0.05) is 18.3 Å². The van der Waals surface area contributed by atoms with Crippen LogP contribution in [0, 0.1) is 6.92 Å². The summed E-state index contributed by atoms with van der Waals surface area (Å²) in [6, 6.07) is 5.13. The van der Waals surface area contributed by atoms with Crippen LogP contribution in [-0.4, -0.2) is 31.1 Å². The molecule has 0 heterocycles. The number of hydrogen-bond acceptors (Lipinski definition) is 3. The summed E-state index contributed by atoms with van der Waals surface area (Å²) >= 11 is 0. The van der Waals surface area contributed by atoms with Gasteiger partial charge in [-0.2, -0.15) is 0 Å². The fourth-order valence-corrected chi connectivity index (χ4v) is 1.53. The van der Waals surface area contributed by atoms with Crippen molar-refractivity contribution in [2.75, 3.05) is 18.5 Å². The third kappa shape index (κ3) is 3.30. The van der Waals surface area contributed by atoms with Gasteiger partial charge >= 0.3 is 0 Å². The number of benzene rings is 1. The van der Waals surface area contributed by atoms with Crippen LogP contribution in [0.25, 0.3) is 0 Å². The predicted octanol–water partition coefficient (Wildman–Crippen LogP) is 1.79. The summed E-state index contributed by atoms with van der Waals surface area (Å²) in [6.07, 6.45) is -2.44. The monoisotopic (exact) mass is 243 g/mol. The van der Waals surface area contributed by atoms with Crippen LogP contribution in [0.15, 0.2) is 23.4 Å². The molecule has 1 aromatic rings. The molecule has 0 radical (unpaired) electrons. The topological polar surface area (TPSA) is 61.9 Å². The van der Waals surface area contributed by atoms with Crippen LogP contribution in [-0.2, 0) is 0 Å². The average Bonchev–Trinajstić information content (AvgIpc) is 2.27. The molecule has 0 aliphatic heterocycles. The molecule has 0 bridgehead atoms. The Morgan fingerprint density at radius 2 is 2.18 bits per heavy atom. The summed E-state index contributed by atoms with van der Waals surface area (Å²) in [5.41, 5.74) is 7.36. The molecule has 0 aliphatic carbocycles. The van der Waals surface area contributed by atoms with E-state index in [-0.39, 0.29) is 5.84 Å². The first-order valence-corrected chi connectivity index (χ1v) is 5.03. The fraction of sp³-hybridized carbons (Fsp3) is 0.364. The molecule has 94 valence electrons. The number of oxime groups is 1. The Morgan fingerprint density at radius 1 is 1.53 bits per heavy atom. The van der Waals surface area contributed by atoms with Gasteiger partial charge in [-0.1, -0.05) is 11.2 Å². The van der Waals surface area contributed by atoms with E-state index in [4.69, 9.17) is 10.9 Å². The Bertz CT molecular complexity index is 421. The smallest absolute Gasteiger partial charge is 0.255 e. The van der Waals surface area contributed by atoms with Gasteiger partial charge in [0.1, 0.15) is 0 Å². The maximum Gasteiger partial charge on any atom is 0.255 e. The van der Waals surface area contributed by atoms with Gasteiger partial charge in [0.15, 0.2) is 5.84 Å². The van der Waals surface area contributed by atoms with Crippen LogP contribution < -0.4 is 10.6 Å². The van der Waals surface area contributed by atoms with Crippen LogP contribution in [0.3, 0.4) is 0 Å². The highest BCUT2D eigenvalue weighted by atomic mass is 19.3. The van der Waals surface area contributed by atoms with Gasteiger partial charge in [0.25, 0.3) is 6.43 Å². The lowest BCUT2D eigenvalue weighted by Crippen LogP contribution is -2.27. The molecule has 0 fully saturated rings. The van der Waals surface area contributed by atoms with Gasteiger partial charge in [0.2, 0.25) is 0 Å². The van der Waals surface area contributed by atoms with Crippen molar-refractivity contribution in [3.8, 4) is 0 Å². The van der Waals surface area contributed by atoms with Crippen molar-refractivity contribution in [1.82, 2.24) is 0 Å². The van der Waals surface area contributed by atoms with Crippen molar-refractivity contribution in [2.24, 2.45) is 10.9 Å². The zero-order valence-electron chi connectivity index (χ0n) is 9.69. The third-order valence-electron chi connectivity index (χ3n) is 2.36. The number of nitrogens with zero attached hydrogens (tertiary/aromatic N) is 2. The zero-order valence-corrected chi connectivity index (χ0v) is 9.69. The Hall–Kier alpha value is -1.85. The molecule has 1 aromatic carbocycles. The fourth-order valence-electron chi connectivity index (χ4n) is 1.53. The van der Waals surface area contributed by atoms with Gasteiger partial charge in [0.05, 0.1) is 6.54 Å². The summed E-state index contributed by atoms with van der Waals surface area (Å²) in [4.78, 5) is 1.38. The first-order chi connectivity index (χ1) is 7.95. The summed E-state index contributed by atoms with van der Waals surface area (Å²) in [5, 5.41) is 11.5. The number of nitrogens with two attached hydrogens (primary N) is 1. The quantitative estimate of drug-likeness (QED) is 0.367. The SMILES string of the molecule is Cc1ccc(/C(N)=N/O)c(N(C)CC(F)F)c1. The Labute approximate surface area is 98.3 Å². The molecule has 0 aliphatic rings. The lowest BCUT2D eigenvalue weighted by atomic mass is 10.1. The Balaban J connectivity index is 3.15. The third-order valence-corrected chi connectivity index (χ3v) is 2.36. The minimum atomic E-state index is -2.44. The van der Waals surface area contributed by atoms with Crippen molar-refractivity contribution in [3.05, 3.63) is 29.3 Å². The summed E-state index contributed by atoms with van der Waals surface area (Å²) in [5.74, 6) is -0.0962. The summed E-state index contributed by atoms with van der Waals surface area (Å²) in [6.45, 7) is 1.44. The summed E-state index contributed by atoms with van der Waals surface area (Å²) < 4.78 is 24.7. The predicted molar refractivity (Wildman–Crippen MR) is 63.0 cm³/mol. The van der Waals surface area contributed by atoms with Crippen LogP contribution in [0.5, 0.6) is 0 Å². The molecule has 3 N–H and O–H groups in total.